The van der Waals surface area contributed by atoms with E-state index in [1.807, 2.05) is 6.07 Å². The first kappa shape index (κ1) is 9.92. The molecule has 1 rings (SSSR count). The molecule has 0 saturated carbocycles. The van der Waals surface area contributed by atoms with Gasteiger partial charge in [-0.25, -0.2) is 0 Å². The second-order valence-corrected chi connectivity index (χ2v) is 3.34. The van der Waals surface area contributed by atoms with E-state index in [0.29, 0.717) is 11.6 Å². The van der Waals surface area contributed by atoms with Crippen LogP contribution in [-0.2, 0) is 6.61 Å². The fourth-order valence-corrected chi connectivity index (χ4v) is 0.847. The van der Waals surface area contributed by atoms with Crippen molar-refractivity contribution in [3.63, 3.8) is 0 Å². The lowest BCUT2D eigenvalue weighted by Crippen LogP contribution is -2.09. The third-order valence-electron chi connectivity index (χ3n) is 1.57. The minimum Gasteiger partial charge on any atom is -0.390 e. The number of aliphatic hydroxyl groups is 1. The molecular weight excluding hydrogens is 166 g/mol. The maximum atomic E-state index is 8.72. The molecule has 0 saturated heterocycles. The van der Waals surface area contributed by atoms with Crippen molar-refractivity contribution in [3.8, 4) is 0 Å². The van der Waals surface area contributed by atoms with E-state index in [9.17, 15) is 0 Å². The predicted molar refractivity (Wildman–Crippen MR) is 51.3 cm³/mol. The maximum absolute atomic E-state index is 8.72. The van der Waals surface area contributed by atoms with Gasteiger partial charge in [-0.1, -0.05) is 13.8 Å². The van der Waals surface area contributed by atoms with Crippen molar-refractivity contribution < 1.29 is 5.11 Å². The highest BCUT2D eigenvalue weighted by atomic mass is 16.3. The topological polar surface area (TPSA) is 58.0 Å². The highest BCUT2D eigenvalue weighted by molar-refractivity contribution is 5.32. The Labute approximate surface area is 78.0 Å². The Morgan fingerprint density at radius 3 is 2.62 bits per heavy atom. The van der Waals surface area contributed by atoms with Crippen LogP contribution in [-0.4, -0.2) is 21.8 Å². The van der Waals surface area contributed by atoms with Gasteiger partial charge in [0.2, 0.25) is 0 Å². The van der Waals surface area contributed by atoms with Crippen LogP contribution in [0.3, 0.4) is 0 Å². The van der Waals surface area contributed by atoms with E-state index in [4.69, 9.17) is 5.11 Å². The molecule has 0 aliphatic carbocycles. The zero-order valence-corrected chi connectivity index (χ0v) is 7.99. The molecule has 0 amide bonds. The van der Waals surface area contributed by atoms with Gasteiger partial charge in [0.15, 0.2) is 0 Å². The molecule has 0 bridgehead atoms. The summed E-state index contributed by atoms with van der Waals surface area (Å²) >= 11 is 0. The fourth-order valence-electron chi connectivity index (χ4n) is 0.847. The molecule has 0 fully saturated rings. The molecule has 1 aromatic rings. The molecule has 13 heavy (non-hydrogen) atoms. The molecule has 0 spiro atoms. The van der Waals surface area contributed by atoms with E-state index in [-0.39, 0.29) is 6.61 Å². The summed E-state index contributed by atoms with van der Waals surface area (Å²) in [4.78, 5) is 0. The Bertz CT molecular complexity index is 246. The normalized spacial score (nSPS) is 10.5. The number of rotatable bonds is 4. The average Bonchev–Trinajstić information content (AvgIpc) is 2.15. The van der Waals surface area contributed by atoms with Crippen LogP contribution in [0.2, 0.25) is 0 Å². The van der Waals surface area contributed by atoms with Gasteiger partial charge in [-0.3, -0.25) is 0 Å². The number of nitrogens with one attached hydrogen (secondary N) is 1. The Hall–Kier alpha value is -1.16. The number of hydrogen-bond donors (Lipinski definition) is 2. The standard InChI is InChI=1S/C9H15N3O/c1-7(2)5-10-9-4-3-8(6-13)11-12-9/h3-4,7,13H,5-6H2,1-2H3,(H,10,12). The minimum atomic E-state index is -0.0581. The number of nitrogens with zero attached hydrogens (tertiary/aromatic N) is 2. The molecular formula is C9H15N3O. The van der Waals surface area contributed by atoms with Crippen LogP contribution in [0.25, 0.3) is 0 Å². The summed E-state index contributed by atoms with van der Waals surface area (Å²) in [5, 5.41) is 19.6. The highest BCUT2D eigenvalue weighted by Crippen LogP contribution is 2.02. The summed E-state index contributed by atoms with van der Waals surface area (Å²) in [6.45, 7) is 5.08. The van der Waals surface area contributed by atoms with Crippen molar-refractivity contribution in [1.82, 2.24) is 10.2 Å². The fraction of sp³-hybridized carbons (Fsp3) is 0.556. The number of anilines is 1. The van der Waals surface area contributed by atoms with Crippen LogP contribution in [0.5, 0.6) is 0 Å². The summed E-state index contributed by atoms with van der Waals surface area (Å²) in [7, 11) is 0. The van der Waals surface area contributed by atoms with Gasteiger partial charge in [-0.15, -0.1) is 5.10 Å². The quantitative estimate of drug-likeness (QED) is 0.728. The van der Waals surface area contributed by atoms with E-state index >= 15 is 0 Å². The second kappa shape index (κ2) is 4.77. The van der Waals surface area contributed by atoms with Crippen molar-refractivity contribution in [3.05, 3.63) is 17.8 Å². The minimum absolute atomic E-state index is 0.0581. The first-order valence-electron chi connectivity index (χ1n) is 4.39. The lowest BCUT2D eigenvalue weighted by molar-refractivity contribution is 0.275. The maximum Gasteiger partial charge on any atom is 0.148 e. The van der Waals surface area contributed by atoms with Crippen LogP contribution < -0.4 is 5.32 Å². The van der Waals surface area contributed by atoms with Crippen LogP contribution in [0.4, 0.5) is 5.82 Å². The molecule has 72 valence electrons. The molecule has 0 aromatic carbocycles. The smallest absolute Gasteiger partial charge is 0.148 e. The molecule has 0 unspecified atom stereocenters. The second-order valence-electron chi connectivity index (χ2n) is 3.34. The van der Waals surface area contributed by atoms with Crippen molar-refractivity contribution in [1.29, 1.82) is 0 Å². The van der Waals surface area contributed by atoms with E-state index in [0.717, 1.165) is 12.4 Å². The molecule has 1 aromatic heterocycles. The first-order valence-corrected chi connectivity index (χ1v) is 4.39. The van der Waals surface area contributed by atoms with Crippen LogP contribution in [0.15, 0.2) is 12.1 Å². The lowest BCUT2D eigenvalue weighted by atomic mass is 10.2. The molecule has 4 nitrogen and oxygen atoms in total. The Balaban J connectivity index is 2.49. The zero-order valence-electron chi connectivity index (χ0n) is 7.99. The van der Waals surface area contributed by atoms with Crippen molar-refractivity contribution in [2.45, 2.75) is 20.5 Å². The first-order chi connectivity index (χ1) is 6.22. The lowest BCUT2D eigenvalue weighted by Gasteiger charge is -2.06. The summed E-state index contributed by atoms with van der Waals surface area (Å²) < 4.78 is 0. The molecule has 0 aliphatic heterocycles. The van der Waals surface area contributed by atoms with Crippen molar-refractivity contribution >= 4 is 5.82 Å². The van der Waals surface area contributed by atoms with Gasteiger partial charge in [0, 0.05) is 6.54 Å². The van der Waals surface area contributed by atoms with Gasteiger partial charge in [-0.2, -0.15) is 5.10 Å². The van der Waals surface area contributed by atoms with Gasteiger partial charge in [0.25, 0.3) is 0 Å². The SMILES string of the molecule is CC(C)CNc1ccc(CO)nn1. The van der Waals surface area contributed by atoms with E-state index in [2.05, 4.69) is 29.4 Å². The van der Waals surface area contributed by atoms with Gasteiger partial charge in [-0.05, 0) is 18.1 Å². The van der Waals surface area contributed by atoms with E-state index < -0.39 is 0 Å². The molecule has 2 N–H and O–H groups in total. The van der Waals surface area contributed by atoms with E-state index in [1.165, 1.54) is 0 Å². The monoisotopic (exact) mass is 181 g/mol. The van der Waals surface area contributed by atoms with Gasteiger partial charge in [0.05, 0.1) is 12.3 Å². The summed E-state index contributed by atoms with van der Waals surface area (Å²) in [6, 6.07) is 3.58. The Kier molecular flexibility index (Phi) is 3.64. The van der Waals surface area contributed by atoms with Crippen LogP contribution in [0.1, 0.15) is 19.5 Å². The summed E-state index contributed by atoms with van der Waals surface area (Å²) in [5.41, 5.74) is 0.593. The van der Waals surface area contributed by atoms with Crippen molar-refractivity contribution in [2.75, 3.05) is 11.9 Å². The average molecular weight is 181 g/mol. The van der Waals surface area contributed by atoms with Crippen LogP contribution in [0, 0.1) is 5.92 Å². The molecule has 0 radical (unpaired) electrons. The highest BCUT2D eigenvalue weighted by Gasteiger charge is 1.97. The molecule has 0 atom stereocenters. The van der Waals surface area contributed by atoms with Crippen molar-refractivity contribution in [2.24, 2.45) is 5.92 Å². The number of aromatic nitrogens is 2. The molecule has 4 heteroatoms. The molecule has 1 heterocycles. The van der Waals surface area contributed by atoms with Gasteiger partial charge in [0.1, 0.15) is 5.82 Å². The molecule has 0 aliphatic rings. The third-order valence-corrected chi connectivity index (χ3v) is 1.57. The zero-order chi connectivity index (χ0) is 9.68. The number of hydrogen-bond acceptors (Lipinski definition) is 4. The van der Waals surface area contributed by atoms with E-state index in [1.54, 1.807) is 6.07 Å². The number of aliphatic hydroxyl groups excluding tert-OH is 1. The predicted octanol–water partition coefficient (Wildman–Crippen LogP) is 1.04. The van der Waals surface area contributed by atoms with Crippen LogP contribution >= 0.6 is 0 Å². The summed E-state index contributed by atoms with van der Waals surface area (Å²) in [6.07, 6.45) is 0. The third kappa shape index (κ3) is 3.38. The van der Waals surface area contributed by atoms with Gasteiger partial charge >= 0.3 is 0 Å². The Morgan fingerprint density at radius 1 is 1.38 bits per heavy atom. The van der Waals surface area contributed by atoms with Gasteiger partial charge < -0.3 is 10.4 Å². The Morgan fingerprint density at radius 2 is 2.15 bits per heavy atom. The largest absolute Gasteiger partial charge is 0.390 e. The summed E-state index contributed by atoms with van der Waals surface area (Å²) in [5.74, 6) is 1.34.